The minimum atomic E-state index is -0.312. The van der Waals surface area contributed by atoms with Gasteiger partial charge in [-0.1, -0.05) is 30.3 Å². The minimum Gasteiger partial charge on any atom is -0.383 e. The second-order valence-corrected chi connectivity index (χ2v) is 6.44. The van der Waals surface area contributed by atoms with Crippen LogP contribution >= 0.6 is 0 Å². The molecular weight excluding hydrogens is 356 g/mol. The molecule has 7 nitrogen and oxygen atoms in total. The number of aromatic amines is 1. The summed E-state index contributed by atoms with van der Waals surface area (Å²) >= 11 is 0. The van der Waals surface area contributed by atoms with E-state index in [0.717, 1.165) is 16.9 Å². The van der Waals surface area contributed by atoms with Crippen molar-refractivity contribution in [2.75, 3.05) is 13.7 Å². The Balaban J connectivity index is 1.63. The molecule has 2 aromatic heterocycles. The van der Waals surface area contributed by atoms with E-state index in [0.29, 0.717) is 29.6 Å². The van der Waals surface area contributed by atoms with Crippen molar-refractivity contribution in [3.05, 3.63) is 76.3 Å². The summed E-state index contributed by atoms with van der Waals surface area (Å²) in [6.07, 6.45) is 0. The maximum absolute atomic E-state index is 12.8. The second kappa shape index (κ2) is 7.66. The summed E-state index contributed by atoms with van der Waals surface area (Å²) in [6, 6.07) is 16.4. The van der Waals surface area contributed by atoms with Crippen LogP contribution < -0.4 is 10.9 Å². The van der Waals surface area contributed by atoms with E-state index >= 15 is 0 Å². The number of carbonyl (C=O) groups excluding carboxylic acids is 1. The minimum absolute atomic E-state index is 0.248. The van der Waals surface area contributed by atoms with Gasteiger partial charge >= 0.3 is 0 Å². The summed E-state index contributed by atoms with van der Waals surface area (Å²) in [6.45, 7) is 1.43. The third-order valence-corrected chi connectivity index (χ3v) is 4.65. The number of pyridine rings is 1. The Kier molecular flexibility index (Phi) is 4.90. The highest BCUT2D eigenvalue weighted by molar-refractivity contribution is 6.05. The Morgan fingerprint density at radius 3 is 2.82 bits per heavy atom. The highest BCUT2D eigenvalue weighted by Gasteiger charge is 2.14. The predicted octanol–water partition coefficient (Wildman–Crippen LogP) is 2.45. The van der Waals surface area contributed by atoms with Gasteiger partial charge in [-0.25, -0.2) is 4.98 Å². The molecule has 2 aromatic carbocycles. The molecular formula is C21H20N4O3. The monoisotopic (exact) mass is 376 g/mol. The fraction of sp³-hybridized carbons (Fsp3) is 0.190. The van der Waals surface area contributed by atoms with Crippen molar-refractivity contribution in [2.45, 2.75) is 13.1 Å². The molecule has 4 aromatic rings. The number of rotatable bonds is 6. The van der Waals surface area contributed by atoms with Gasteiger partial charge in [-0.05, 0) is 18.2 Å². The number of H-pyrrole nitrogens is 1. The quantitative estimate of drug-likeness (QED) is 0.541. The average molecular weight is 376 g/mol. The standard InChI is InChI=1S/C21H20N4O3/c1-28-11-10-25-18-9-5-4-8-17(18)23-19(25)13-22-21(27)15-12-20(26)24-16-7-3-2-6-14(15)16/h2-9,12H,10-11,13H2,1H3,(H,22,27)(H,24,26). The van der Waals surface area contributed by atoms with Crippen LogP contribution in [0.3, 0.4) is 0 Å². The number of aromatic nitrogens is 3. The van der Waals surface area contributed by atoms with E-state index < -0.39 is 0 Å². The highest BCUT2D eigenvalue weighted by atomic mass is 16.5. The Bertz CT molecular complexity index is 1210. The Morgan fingerprint density at radius 1 is 1.18 bits per heavy atom. The zero-order valence-electron chi connectivity index (χ0n) is 15.4. The van der Waals surface area contributed by atoms with Crippen molar-refractivity contribution in [3.8, 4) is 0 Å². The molecule has 7 heteroatoms. The first kappa shape index (κ1) is 17.9. The molecule has 0 aliphatic heterocycles. The lowest BCUT2D eigenvalue weighted by atomic mass is 10.1. The maximum atomic E-state index is 12.8. The molecule has 0 bridgehead atoms. The first-order chi connectivity index (χ1) is 13.7. The van der Waals surface area contributed by atoms with Crippen LogP contribution in [-0.2, 0) is 17.8 Å². The zero-order chi connectivity index (χ0) is 19.5. The van der Waals surface area contributed by atoms with Crippen molar-refractivity contribution in [1.29, 1.82) is 0 Å². The van der Waals surface area contributed by atoms with Gasteiger partial charge in [0.15, 0.2) is 0 Å². The molecule has 0 atom stereocenters. The molecule has 1 amide bonds. The molecule has 0 aliphatic rings. The van der Waals surface area contributed by atoms with Crippen molar-refractivity contribution in [2.24, 2.45) is 0 Å². The number of imidazole rings is 1. The number of carbonyl (C=O) groups is 1. The number of nitrogens with zero attached hydrogens (tertiary/aromatic N) is 2. The number of nitrogens with one attached hydrogen (secondary N) is 2. The lowest BCUT2D eigenvalue weighted by Crippen LogP contribution is -2.26. The van der Waals surface area contributed by atoms with Crippen LogP contribution in [-0.4, -0.2) is 34.2 Å². The maximum Gasteiger partial charge on any atom is 0.252 e. The van der Waals surface area contributed by atoms with Gasteiger partial charge in [0.1, 0.15) is 5.82 Å². The largest absolute Gasteiger partial charge is 0.383 e. The molecule has 0 unspecified atom stereocenters. The Labute approximate surface area is 161 Å². The van der Waals surface area contributed by atoms with Crippen LogP contribution in [0.2, 0.25) is 0 Å². The predicted molar refractivity (Wildman–Crippen MR) is 107 cm³/mol. The topological polar surface area (TPSA) is 89.0 Å². The average Bonchev–Trinajstić information content (AvgIpc) is 3.07. The first-order valence-corrected chi connectivity index (χ1v) is 9.00. The molecule has 0 radical (unpaired) electrons. The van der Waals surface area contributed by atoms with Gasteiger partial charge in [0.05, 0.1) is 29.7 Å². The van der Waals surface area contributed by atoms with Crippen LogP contribution in [0.4, 0.5) is 0 Å². The van der Waals surface area contributed by atoms with Crippen LogP contribution in [0.15, 0.2) is 59.4 Å². The molecule has 0 saturated heterocycles. The molecule has 0 saturated carbocycles. The van der Waals surface area contributed by atoms with E-state index in [1.54, 1.807) is 13.2 Å². The summed E-state index contributed by atoms with van der Waals surface area (Å²) in [5, 5.41) is 3.60. The lowest BCUT2D eigenvalue weighted by molar-refractivity contribution is 0.0950. The normalized spacial score (nSPS) is 11.2. The SMILES string of the molecule is COCCn1c(CNC(=O)c2cc(=O)[nH]c3ccccc23)nc2ccccc21. The van der Waals surface area contributed by atoms with E-state index in [1.165, 1.54) is 6.07 Å². The number of hydrogen-bond acceptors (Lipinski definition) is 4. The van der Waals surface area contributed by atoms with Crippen molar-refractivity contribution in [3.63, 3.8) is 0 Å². The number of benzene rings is 2. The third-order valence-electron chi connectivity index (χ3n) is 4.65. The summed E-state index contributed by atoms with van der Waals surface area (Å²) < 4.78 is 7.24. The van der Waals surface area contributed by atoms with E-state index in [-0.39, 0.29) is 18.0 Å². The van der Waals surface area contributed by atoms with Crippen molar-refractivity contribution in [1.82, 2.24) is 19.9 Å². The Morgan fingerprint density at radius 2 is 1.96 bits per heavy atom. The van der Waals surface area contributed by atoms with Gasteiger partial charge in [-0.15, -0.1) is 0 Å². The van der Waals surface area contributed by atoms with E-state index in [9.17, 15) is 9.59 Å². The van der Waals surface area contributed by atoms with E-state index in [1.807, 2.05) is 47.0 Å². The summed E-state index contributed by atoms with van der Waals surface area (Å²) in [7, 11) is 1.65. The Hall–Kier alpha value is -3.45. The number of para-hydroxylation sites is 3. The molecule has 0 fully saturated rings. The number of ether oxygens (including phenoxy) is 1. The van der Waals surface area contributed by atoms with Crippen LogP contribution in [0, 0.1) is 0 Å². The van der Waals surface area contributed by atoms with Crippen LogP contribution in [0.1, 0.15) is 16.2 Å². The smallest absolute Gasteiger partial charge is 0.252 e. The van der Waals surface area contributed by atoms with Crippen molar-refractivity contribution >= 4 is 27.8 Å². The molecule has 0 aliphatic carbocycles. The fourth-order valence-electron chi connectivity index (χ4n) is 3.34. The van der Waals surface area contributed by atoms with Gasteiger partial charge in [0.2, 0.25) is 5.56 Å². The van der Waals surface area contributed by atoms with Gasteiger partial charge in [0.25, 0.3) is 5.91 Å². The molecule has 142 valence electrons. The lowest BCUT2D eigenvalue weighted by Gasteiger charge is -2.10. The van der Waals surface area contributed by atoms with Gasteiger partial charge < -0.3 is 19.6 Å². The summed E-state index contributed by atoms with van der Waals surface area (Å²) in [5.74, 6) is 0.424. The fourth-order valence-corrected chi connectivity index (χ4v) is 3.34. The number of amides is 1. The highest BCUT2D eigenvalue weighted by Crippen LogP contribution is 2.17. The van der Waals surface area contributed by atoms with Gasteiger partial charge in [0, 0.05) is 30.6 Å². The molecule has 4 rings (SSSR count). The van der Waals surface area contributed by atoms with Crippen molar-refractivity contribution < 1.29 is 9.53 Å². The second-order valence-electron chi connectivity index (χ2n) is 6.44. The molecule has 2 heterocycles. The zero-order valence-corrected chi connectivity index (χ0v) is 15.4. The third kappa shape index (κ3) is 3.39. The number of fused-ring (bicyclic) bond motifs is 2. The van der Waals surface area contributed by atoms with Gasteiger partial charge in [-0.2, -0.15) is 0 Å². The summed E-state index contributed by atoms with van der Waals surface area (Å²) in [4.78, 5) is 32.1. The molecule has 28 heavy (non-hydrogen) atoms. The van der Waals surface area contributed by atoms with Crippen LogP contribution in [0.5, 0.6) is 0 Å². The molecule has 0 spiro atoms. The van der Waals surface area contributed by atoms with Gasteiger partial charge in [-0.3, -0.25) is 9.59 Å². The number of hydrogen-bond donors (Lipinski definition) is 2. The van der Waals surface area contributed by atoms with E-state index in [4.69, 9.17) is 4.74 Å². The molecule has 2 N–H and O–H groups in total. The number of methoxy groups -OCH3 is 1. The van der Waals surface area contributed by atoms with Crippen LogP contribution in [0.25, 0.3) is 21.9 Å². The van der Waals surface area contributed by atoms with E-state index in [2.05, 4.69) is 15.3 Å². The summed E-state index contributed by atoms with van der Waals surface area (Å²) in [5.41, 5.74) is 2.53. The first-order valence-electron chi connectivity index (χ1n) is 9.00.